The molecular formula is C13H6O. The molecule has 0 unspecified atom stereocenters. The maximum absolute atomic E-state index is 11.9. The molecule has 0 N–H and O–H groups in total. The summed E-state index contributed by atoms with van der Waals surface area (Å²) in [5, 5.41) is 0. The Morgan fingerprint density at radius 2 is 1.71 bits per heavy atom. The quantitative estimate of drug-likeness (QED) is 0.517. The van der Waals surface area contributed by atoms with Crippen LogP contribution in [0.1, 0.15) is 15.9 Å². The second-order valence-electron chi connectivity index (χ2n) is 3.27. The molecule has 0 aromatic heterocycles. The monoisotopic (exact) mass is 178 g/mol. The van der Waals surface area contributed by atoms with E-state index in [-0.39, 0.29) is 5.78 Å². The molecule has 0 saturated carbocycles. The van der Waals surface area contributed by atoms with Crippen LogP contribution >= 0.6 is 0 Å². The van der Waals surface area contributed by atoms with Crippen LogP contribution in [0.2, 0.25) is 0 Å². The molecule has 1 nitrogen and oxygen atoms in total. The van der Waals surface area contributed by atoms with Crippen LogP contribution in [0.25, 0.3) is 11.1 Å². The molecule has 0 atom stereocenters. The molecule has 0 spiro atoms. The third-order valence-electron chi connectivity index (χ3n) is 2.49. The minimum atomic E-state index is 0.0980. The van der Waals surface area contributed by atoms with Crippen molar-refractivity contribution in [2.45, 2.75) is 0 Å². The molecule has 14 heavy (non-hydrogen) atoms. The molecule has 64 valence electrons. The zero-order valence-electron chi connectivity index (χ0n) is 7.37. The fraction of sp³-hybridized carbons (Fsp3) is 0. The molecular weight excluding hydrogens is 172 g/mol. The predicted octanol–water partition coefficient (Wildman–Crippen LogP) is 2.50. The van der Waals surface area contributed by atoms with Gasteiger partial charge in [0, 0.05) is 22.3 Å². The second-order valence-corrected chi connectivity index (χ2v) is 3.27. The molecule has 0 heterocycles. The van der Waals surface area contributed by atoms with Crippen LogP contribution in [0.5, 0.6) is 0 Å². The maximum atomic E-state index is 11.9. The normalized spacial score (nSPS) is 11.9. The van der Waals surface area contributed by atoms with E-state index in [1.807, 2.05) is 24.3 Å². The van der Waals surface area contributed by atoms with E-state index in [1.54, 1.807) is 12.1 Å². The van der Waals surface area contributed by atoms with Crippen molar-refractivity contribution in [2.75, 3.05) is 0 Å². The van der Waals surface area contributed by atoms with Crippen molar-refractivity contribution in [1.82, 2.24) is 0 Å². The van der Waals surface area contributed by atoms with Gasteiger partial charge in [0.25, 0.3) is 0 Å². The molecule has 0 amide bonds. The van der Waals surface area contributed by atoms with Crippen molar-refractivity contribution in [1.29, 1.82) is 0 Å². The van der Waals surface area contributed by atoms with Crippen LogP contribution in [0.15, 0.2) is 36.4 Å². The third kappa shape index (κ3) is 0.777. The third-order valence-corrected chi connectivity index (χ3v) is 2.49. The molecule has 1 aliphatic carbocycles. The Bertz CT molecular complexity index is 479. The standard InChI is InChI=1S/C13H6O/c14-13-11-7-3-1-5-9(11)10-6-2-4-8-12(10)13/h1,3-5,7-8H. The number of carbonyl (C=O) groups is 1. The molecule has 0 bridgehead atoms. The van der Waals surface area contributed by atoms with Gasteiger partial charge in [0.1, 0.15) is 0 Å². The Morgan fingerprint density at radius 1 is 0.929 bits per heavy atom. The molecule has 0 radical (unpaired) electrons. The van der Waals surface area contributed by atoms with Crippen LogP contribution in [0.4, 0.5) is 0 Å². The van der Waals surface area contributed by atoms with E-state index in [0.717, 1.165) is 22.3 Å². The van der Waals surface area contributed by atoms with Crippen molar-refractivity contribution in [3.8, 4) is 11.1 Å². The lowest BCUT2D eigenvalue weighted by atomic mass is 10.1. The first-order valence-corrected chi connectivity index (χ1v) is 4.44. The lowest BCUT2D eigenvalue weighted by Gasteiger charge is -1.93. The molecule has 3 rings (SSSR count). The van der Waals surface area contributed by atoms with E-state index in [2.05, 4.69) is 12.1 Å². The number of carbonyl (C=O) groups excluding carboxylic acids is 1. The summed E-state index contributed by atoms with van der Waals surface area (Å²) in [6.07, 6.45) is 0. The first-order chi connectivity index (χ1) is 6.88. The molecule has 0 aliphatic heterocycles. The Labute approximate surface area is 82.0 Å². The van der Waals surface area contributed by atoms with E-state index in [9.17, 15) is 4.79 Å². The number of rotatable bonds is 0. The summed E-state index contributed by atoms with van der Waals surface area (Å²) in [6, 6.07) is 17.0. The zero-order valence-corrected chi connectivity index (χ0v) is 7.37. The minimum absolute atomic E-state index is 0.0980. The van der Waals surface area contributed by atoms with E-state index in [4.69, 9.17) is 0 Å². The average molecular weight is 178 g/mol. The SMILES string of the molecule is O=C1c2ccc#cc2-c2ccccc21. The Hall–Kier alpha value is -2.07. The van der Waals surface area contributed by atoms with Gasteiger partial charge in [-0.2, -0.15) is 0 Å². The summed E-state index contributed by atoms with van der Waals surface area (Å²) in [5.74, 6) is 0.0980. The molecule has 0 saturated heterocycles. The van der Waals surface area contributed by atoms with Gasteiger partial charge in [0.05, 0.1) is 0 Å². The molecule has 2 aromatic carbocycles. The lowest BCUT2D eigenvalue weighted by molar-refractivity contribution is 0.104. The van der Waals surface area contributed by atoms with Crippen molar-refractivity contribution < 1.29 is 4.79 Å². The van der Waals surface area contributed by atoms with Gasteiger partial charge in [-0.15, -0.1) is 0 Å². The van der Waals surface area contributed by atoms with Crippen LogP contribution in [0, 0.1) is 12.1 Å². The first-order valence-electron chi connectivity index (χ1n) is 4.44. The number of hydrogen-bond donors (Lipinski definition) is 0. The number of hydrogen-bond acceptors (Lipinski definition) is 1. The van der Waals surface area contributed by atoms with Gasteiger partial charge in [-0.1, -0.05) is 36.4 Å². The Balaban J connectivity index is 2.42. The van der Waals surface area contributed by atoms with Crippen molar-refractivity contribution in [3.63, 3.8) is 0 Å². The Morgan fingerprint density at radius 3 is 2.57 bits per heavy atom. The van der Waals surface area contributed by atoms with E-state index in [1.165, 1.54) is 0 Å². The summed E-state index contributed by atoms with van der Waals surface area (Å²) < 4.78 is 0. The molecule has 2 aromatic rings. The minimum Gasteiger partial charge on any atom is -0.289 e. The zero-order chi connectivity index (χ0) is 9.54. The molecule has 0 fully saturated rings. The average Bonchev–Trinajstić information content (AvgIpc) is 2.55. The van der Waals surface area contributed by atoms with Crippen LogP contribution in [-0.2, 0) is 0 Å². The highest BCUT2D eigenvalue weighted by Crippen LogP contribution is 2.34. The summed E-state index contributed by atoms with van der Waals surface area (Å²) in [7, 11) is 0. The van der Waals surface area contributed by atoms with Crippen LogP contribution < -0.4 is 0 Å². The van der Waals surface area contributed by atoms with E-state index >= 15 is 0 Å². The largest absolute Gasteiger partial charge is 0.289 e. The summed E-state index contributed by atoms with van der Waals surface area (Å²) in [6.45, 7) is 0. The molecule has 1 heteroatoms. The van der Waals surface area contributed by atoms with Gasteiger partial charge in [0.2, 0.25) is 0 Å². The van der Waals surface area contributed by atoms with Gasteiger partial charge in [-0.3, -0.25) is 4.79 Å². The fourth-order valence-electron chi connectivity index (χ4n) is 1.84. The first kappa shape index (κ1) is 7.34. The highest BCUT2D eigenvalue weighted by atomic mass is 16.1. The second kappa shape index (κ2) is 2.46. The number of fused-ring (bicyclic) bond motifs is 3. The number of benzene rings is 1. The van der Waals surface area contributed by atoms with E-state index in [0.29, 0.717) is 0 Å². The van der Waals surface area contributed by atoms with Crippen LogP contribution in [-0.4, -0.2) is 5.78 Å². The fourth-order valence-corrected chi connectivity index (χ4v) is 1.84. The maximum Gasteiger partial charge on any atom is 0.194 e. The molecule has 1 aliphatic rings. The van der Waals surface area contributed by atoms with Crippen molar-refractivity contribution in [2.24, 2.45) is 0 Å². The van der Waals surface area contributed by atoms with Gasteiger partial charge >= 0.3 is 0 Å². The Kier molecular flexibility index (Phi) is 1.29. The van der Waals surface area contributed by atoms with Gasteiger partial charge in [-0.05, 0) is 12.1 Å². The van der Waals surface area contributed by atoms with Crippen molar-refractivity contribution >= 4 is 5.78 Å². The van der Waals surface area contributed by atoms with Gasteiger partial charge in [-0.25, -0.2) is 0 Å². The topological polar surface area (TPSA) is 17.1 Å². The smallest absolute Gasteiger partial charge is 0.194 e. The summed E-state index contributed by atoms with van der Waals surface area (Å²) in [5.41, 5.74) is 3.38. The van der Waals surface area contributed by atoms with Gasteiger partial charge in [0.15, 0.2) is 5.78 Å². The highest BCUT2D eigenvalue weighted by Gasteiger charge is 2.25. The van der Waals surface area contributed by atoms with Crippen LogP contribution in [0.3, 0.4) is 0 Å². The summed E-state index contributed by atoms with van der Waals surface area (Å²) >= 11 is 0. The lowest BCUT2D eigenvalue weighted by Crippen LogP contribution is -1.93. The van der Waals surface area contributed by atoms with Crippen molar-refractivity contribution in [3.05, 3.63) is 59.7 Å². The number of ketones is 1. The van der Waals surface area contributed by atoms with E-state index < -0.39 is 0 Å². The summed E-state index contributed by atoms with van der Waals surface area (Å²) in [4.78, 5) is 11.9. The highest BCUT2D eigenvalue weighted by molar-refractivity contribution is 6.21. The van der Waals surface area contributed by atoms with Gasteiger partial charge < -0.3 is 0 Å². The predicted molar refractivity (Wildman–Crippen MR) is 53.0 cm³/mol.